The summed E-state index contributed by atoms with van der Waals surface area (Å²) in [6.07, 6.45) is 4.92. The number of likely N-dealkylation sites (tertiary alicyclic amines) is 1. The van der Waals surface area contributed by atoms with Crippen molar-refractivity contribution in [2.24, 2.45) is 5.92 Å². The minimum absolute atomic E-state index is 0.0749. The van der Waals surface area contributed by atoms with Gasteiger partial charge in [-0.15, -0.1) is 0 Å². The van der Waals surface area contributed by atoms with Crippen LogP contribution in [0.15, 0.2) is 72.8 Å². The number of phenolic OH excluding ortho intramolecular Hbond substituents is 2. The lowest BCUT2D eigenvalue weighted by Gasteiger charge is -2.66. The Morgan fingerprint density at radius 1 is 0.818 bits per heavy atom. The molecule has 2 saturated heterocycles. The minimum Gasteiger partial charge on any atom is -0.508 e. The van der Waals surface area contributed by atoms with E-state index < -0.39 is 16.6 Å². The fraction of sp³-hybridized carbons (Fsp3) is 0.444. The molecular formula is C36H39N3O5. The summed E-state index contributed by atoms with van der Waals surface area (Å²) >= 11 is 0. The number of hydrogen-bond acceptors (Lipinski definition) is 6. The highest BCUT2D eigenvalue weighted by Gasteiger charge is 2.72. The van der Waals surface area contributed by atoms with Gasteiger partial charge < -0.3 is 20.2 Å². The van der Waals surface area contributed by atoms with E-state index in [4.69, 9.17) is 0 Å². The predicted octanol–water partition coefficient (Wildman–Crippen LogP) is 4.69. The normalized spacial score (nSPS) is 31.3. The number of imide groups is 1. The maximum atomic E-state index is 14.8. The quantitative estimate of drug-likeness (QED) is 0.358. The third-order valence-electron chi connectivity index (χ3n) is 11.5. The first-order valence-electron chi connectivity index (χ1n) is 16.0. The summed E-state index contributed by atoms with van der Waals surface area (Å²) in [7, 11) is 0. The molecule has 0 radical (unpaired) electrons. The fourth-order valence-electron chi connectivity index (χ4n) is 9.07. The Hall–Kier alpha value is -3.88. The van der Waals surface area contributed by atoms with Crippen LogP contribution in [0.1, 0.15) is 60.8 Å². The van der Waals surface area contributed by atoms with Crippen LogP contribution in [0.2, 0.25) is 0 Å². The van der Waals surface area contributed by atoms with E-state index in [0.717, 1.165) is 35.3 Å². The Morgan fingerprint density at radius 2 is 1.55 bits per heavy atom. The van der Waals surface area contributed by atoms with Crippen LogP contribution >= 0.6 is 0 Å². The second-order valence-corrected chi connectivity index (χ2v) is 13.9. The van der Waals surface area contributed by atoms with Gasteiger partial charge in [-0.2, -0.15) is 0 Å². The van der Waals surface area contributed by atoms with Crippen LogP contribution in [0, 0.1) is 5.92 Å². The molecule has 3 N–H and O–H groups in total. The smallest absolute Gasteiger partial charge is 0.328 e. The summed E-state index contributed by atoms with van der Waals surface area (Å²) in [4.78, 5) is 34.7. The standard InChI is InChI=1S/C36H39N3O5/c40-28-11-8-26(9-12-28)21-38-32(42)35(39(33(38)43)22-24-4-2-1-3-5-24)14-15-36(44)31-18-27-10-13-29(41)19-30(27)34(36,23-35)16-17-37(31)20-25-6-7-25/h1-5,8-13,19,25,31,40-41,44H,6-7,14-18,20-23H2/t31?,34-,35+,36-/m1/s1. The molecule has 2 bridgehead atoms. The van der Waals surface area contributed by atoms with Gasteiger partial charge in [-0.25, -0.2) is 4.79 Å². The van der Waals surface area contributed by atoms with Crippen molar-refractivity contribution >= 4 is 11.9 Å². The average molecular weight is 594 g/mol. The second-order valence-electron chi connectivity index (χ2n) is 13.9. The van der Waals surface area contributed by atoms with E-state index in [2.05, 4.69) is 4.90 Å². The van der Waals surface area contributed by atoms with Gasteiger partial charge in [0.15, 0.2) is 0 Å². The molecule has 1 unspecified atom stereocenters. The van der Waals surface area contributed by atoms with Crippen LogP contribution in [-0.4, -0.2) is 72.2 Å². The maximum absolute atomic E-state index is 14.8. The van der Waals surface area contributed by atoms with Crippen LogP contribution in [0.4, 0.5) is 4.79 Å². The van der Waals surface area contributed by atoms with Crippen LogP contribution in [0.3, 0.4) is 0 Å². The lowest BCUT2D eigenvalue weighted by molar-refractivity contribution is -0.189. The molecule has 0 aromatic heterocycles. The van der Waals surface area contributed by atoms with Gasteiger partial charge in [-0.05, 0) is 104 Å². The second kappa shape index (κ2) is 9.81. The van der Waals surface area contributed by atoms with Crippen molar-refractivity contribution in [3.8, 4) is 11.5 Å². The molecule has 3 aromatic rings. The van der Waals surface area contributed by atoms with Crippen LogP contribution in [0.25, 0.3) is 0 Å². The summed E-state index contributed by atoms with van der Waals surface area (Å²) in [6.45, 7) is 2.19. The lowest BCUT2D eigenvalue weighted by Crippen LogP contribution is -2.76. The Labute approximate surface area is 257 Å². The molecule has 5 aliphatic rings. The van der Waals surface area contributed by atoms with Crippen LogP contribution in [-0.2, 0) is 29.7 Å². The number of amides is 3. The molecular weight excluding hydrogens is 554 g/mol. The summed E-state index contributed by atoms with van der Waals surface area (Å²) in [6, 6.07) is 21.5. The number of aliphatic hydroxyl groups is 1. The number of fused-ring (bicyclic) bond motifs is 1. The van der Waals surface area contributed by atoms with Crippen molar-refractivity contribution < 1.29 is 24.9 Å². The molecule has 2 aliphatic heterocycles. The van der Waals surface area contributed by atoms with E-state index in [1.807, 2.05) is 42.5 Å². The van der Waals surface area contributed by atoms with Gasteiger partial charge in [-0.1, -0.05) is 48.5 Å². The third-order valence-corrected chi connectivity index (χ3v) is 11.5. The number of rotatable bonds is 6. The molecule has 8 rings (SSSR count). The SMILES string of the molecule is O=C1N(Cc2ccc(O)cc2)C(=O)[C@@]2(CC[C@@]3(O)C4Cc5ccc(O)cc5[C@@]3(CCN4CC3CC3)C2)N1Cc1ccccc1. The molecule has 4 atom stereocenters. The number of carbonyl (C=O) groups excluding carboxylic acids is 2. The molecule has 8 nitrogen and oxygen atoms in total. The van der Waals surface area contributed by atoms with Crippen LogP contribution in [0.5, 0.6) is 11.5 Å². The zero-order valence-electron chi connectivity index (χ0n) is 24.9. The summed E-state index contributed by atoms with van der Waals surface area (Å²) < 4.78 is 0. The fourth-order valence-corrected chi connectivity index (χ4v) is 9.07. The Kier molecular flexibility index (Phi) is 6.17. The Balaban J connectivity index is 1.24. The van der Waals surface area contributed by atoms with Crippen molar-refractivity contribution in [3.05, 3.63) is 95.1 Å². The highest BCUT2D eigenvalue weighted by atomic mass is 16.3. The number of nitrogens with zero attached hydrogens (tertiary/aromatic N) is 3. The molecule has 44 heavy (non-hydrogen) atoms. The zero-order valence-corrected chi connectivity index (χ0v) is 24.9. The highest BCUT2D eigenvalue weighted by Crippen LogP contribution is 2.62. The predicted molar refractivity (Wildman–Crippen MR) is 164 cm³/mol. The molecule has 3 aliphatic carbocycles. The van der Waals surface area contributed by atoms with Gasteiger partial charge in [0.2, 0.25) is 0 Å². The van der Waals surface area contributed by atoms with Crippen molar-refractivity contribution in [1.82, 2.24) is 14.7 Å². The molecule has 3 aromatic carbocycles. The number of hydrogen-bond donors (Lipinski definition) is 3. The van der Waals surface area contributed by atoms with E-state index in [1.54, 1.807) is 35.2 Å². The lowest BCUT2D eigenvalue weighted by atomic mass is 9.46. The monoisotopic (exact) mass is 593 g/mol. The number of piperidine rings is 1. The van der Waals surface area contributed by atoms with Gasteiger partial charge in [0.1, 0.15) is 17.0 Å². The molecule has 4 fully saturated rings. The first kappa shape index (κ1) is 27.7. The maximum Gasteiger partial charge on any atom is 0.328 e. The summed E-state index contributed by atoms with van der Waals surface area (Å²) in [5.41, 5.74) is 0.727. The first-order chi connectivity index (χ1) is 21.2. The van der Waals surface area contributed by atoms with E-state index in [9.17, 15) is 24.9 Å². The molecule has 228 valence electrons. The molecule has 2 heterocycles. The third kappa shape index (κ3) is 4.03. The van der Waals surface area contributed by atoms with E-state index in [1.165, 1.54) is 17.7 Å². The van der Waals surface area contributed by atoms with Crippen molar-refractivity contribution in [2.45, 2.75) is 80.6 Å². The van der Waals surface area contributed by atoms with E-state index >= 15 is 0 Å². The number of benzene rings is 3. The zero-order chi connectivity index (χ0) is 30.3. The number of phenols is 2. The topological polar surface area (TPSA) is 105 Å². The summed E-state index contributed by atoms with van der Waals surface area (Å²) in [5.74, 6) is 0.739. The number of urea groups is 1. The summed E-state index contributed by atoms with van der Waals surface area (Å²) in [5, 5.41) is 33.4. The van der Waals surface area contributed by atoms with E-state index in [-0.39, 0.29) is 42.6 Å². The van der Waals surface area contributed by atoms with Crippen molar-refractivity contribution in [1.29, 1.82) is 0 Å². The highest BCUT2D eigenvalue weighted by molar-refractivity contribution is 6.07. The molecule has 8 heteroatoms. The van der Waals surface area contributed by atoms with Gasteiger partial charge in [0.25, 0.3) is 5.91 Å². The molecule has 3 amide bonds. The van der Waals surface area contributed by atoms with Gasteiger partial charge >= 0.3 is 6.03 Å². The van der Waals surface area contributed by atoms with Crippen molar-refractivity contribution in [3.63, 3.8) is 0 Å². The first-order valence-corrected chi connectivity index (χ1v) is 16.0. The average Bonchev–Trinajstić information content (AvgIpc) is 3.83. The number of aromatic hydroxyl groups is 2. The van der Waals surface area contributed by atoms with Crippen molar-refractivity contribution in [2.75, 3.05) is 13.1 Å². The van der Waals surface area contributed by atoms with Crippen LogP contribution < -0.4 is 0 Å². The van der Waals surface area contributed by atoms with Gasteiger partial charge in [-0.3, -0.25) is 14.6 Å². The Morgan fingerprint density at radius 3 is 2.30 bits per heavy atom. The minimum atomic E-state index is -1.14. The van der Waals surface area contributed by atoms with E-state index in [0.29, 0.717) is 38.0 Å². The molecule has 2 saturated carbocycles. The Bertz CT molecular complexity index is 1620. The largest absolute Gasteiger partial charge is 0.508 e. The number of carbonyl (C=O) groups is 2. The van der Waals surface area contributed by atoms with Gasteiger partial charge in [0.05, 0.1) is 12.1 Å². The van der Waals surface area contributed by atoms with Gasteiger partial charge in [0, 0.05) is 24.5 Å². The molecule has 1 spiro atoms.